The molecule has 0 spiro atoms. The van der Waals surface area contributed by atoms with Gasteiger partial charge >= 0.3 is 0 Å². The Morgan fingerprint density at radius 1 is 1.27 bits per heavy atom. The van der Waals surface area contributed by atoms with Gasteiger partial charge in [0.05, 0.1) is 13.2 Å². The molecule has 3 atom stereocenters. The molecule has 2 amide bonds. The van der Waals surface area contributed by atoms with E-state index in [1.54, 1.807) is 4.90 Å². The molecular formula is C22H22F2N4O5. The third-order valence-electron chi connectivity index (χ3n) is 6.59. The van der Waals surface area contributed by atoms with Crippen LogP contribution in [0.25, 0.3) is 0 Å². The van der Waals surface area contributed by atoms with Gasteiger partial charge < -0.3 is 19.9 Å². The van der Waals surface area contributed by atoms with Gasteiger partial charge in [0.15, 0.2) is 11.4 Å². The number of carbonyl (C=O) groups is 2. The molecule has 2 aliphatic heterocycles. The van der Waals surface area contributed by atoms with Crippen molar-refractivity contribution in [2.24, 2.45) is 5.92 Å². The molecule has 2 fully saturated rings. The summed E-state index contributed by atoms with van der Waals surface area (Å²) in [4.78, 5) is 45.9. The van der Waals surface area contributed by atoms with E-state index in [4.69, 9.17) is 4.84 Å². The number of aromatic nitrogens is 1. The number of nitrogens with zero attached hydrogens (tertiary/aromatic N) is 2. The van der Waals surface area contributed by atoms with Crippen molar-refractivity contribution >= 4 is 11.8 Å². The van der Waals surface area contributed by atoms with E-state index in [9.17, 15) is 28.3 Å². The molecule has 1 saturated heterocycles. The monoisotopic (exact) mass is 460 g/mol. The Morgan fingerprint density at radius 3 is 2.88 bits per heavy atom. The summed E-state index contributed by atoms with van der Waals surface area (Å²) in [7, 11) is 0. The zero-order valence-corrected chi connectivity index (χ0v) is 17.5. The lowest BCUT2D eigenvalue weighted by Gasteiger charge is -2.40. The smallest absolute Gasteiger partial charge is 0.276 e. The van der Waals surface area contributed by atoms with Crippen molar-refractivity contribution in [3.63, 3.8) is 0 Å². The predicted octanol–water partition coefficient (Wildman–Crippen LogP) is 1.25. The Hall–Kier alpha value is -3.31. The maximum Gasteiger partial charge on any atom is 0.276 e. The van der Waals surface area contributed by atoms with E-state index in [2.05, 4.69) is 10.8 Å². The molecule has 0 radical (unpaired) electrons. The van der Waals surface area contributed by atoms with Crippen molar-refractivity contribution in [1.82, 2.24) is 20.3 Å². The van der Waals surface area contributed by atoms with Gasteiger partial charge in [-0.3, -0.25) is 19.2 Å². The molecule has 174 valence electrons. The number of carbonyl (C=O) groups excluding carboxylic acids is 2. The predicted molar refractivity (Wildman–Crippen MR) is 110 cm³/mol. The fraction of sp³-hybridized carbons (Fsp3) is 0.409. The van der Waals surface area contributed by atoms with Gasteiger partial charge in [0.1, 0.15) is 23.4 Å². The second-order valence-corrected chi connectivity index (χ2v) is 8.56. The molecule has 1 aliphatic carbocycles. The van der Waals surface area contributed by atoms with E-state index >= 15 is 0 Å². The summed E-state index contributed by atoms with van der Waals surface area (Å²) in [5.41, 5.74) is 1.34. The van der Waals surface area contributed by atoms with Gasteiger partial charge in [-0.1, -0.05) is 12.5 Å². The summed E-state index contributed by atoms with van der Waals surface area (Å²) >= 11 is 0. The van der Waals surface area contributed by atoms with Crippen molar-refractivity contribution in [3.8, 4) is 5.75 Å². The number of amides is 2. The number of fused-ring (bicyclic) bond motifs is 4. The van der Waals surface area contributed by atoms with Gasteiger partial charge in [-0.2, -0.15) is 5.48 Å². The van der Waals surface area contributed by atoms with E-state index < -0.39 is 46.4 Å². The summed E-state index contributed by atoms with van der Waals surface area (Å²) < 4.78 is 28.3. The van der Waals surface area contributed by atoms with Crippen LogP contribution >= 0.6 is 0 Å². The minimum Gasteiger partial charge on any atom is -0.503 e. The van der Waals surface area contributed by atoms with Crippen LogP contribution in [0.4, 0.5) is 8.78 Å². The molecule has 1 aromatic heterocycles. The van der Waals surface area contributed by atoms with E-state index in [-0.39, 0.29) is 36.3 Å². The SMILES string of the molecule is O=C(NCc1ccc(F)cc1F)c1cn2c(c(O)c1=O)C(=O)N1C(C2)NOCC2CCCC21. The molecular weight excluding hydrogens is 438 g/mol. The number of halogens is 2. The zero-order valence-electron chi connectivity index (χ0n) is 17.5. The first-order chi connectivity index (χ1) is 15.8. The van der Waals surface area contributed by atoms with Crippen LogP contribution in [0.3, 0.4) is 0 Å². The van der Waals surface area contributed by atoms with Gasteiger partial charge in [0.25, 0.3) is 11.8 Å². The number of aromatic hydroxyl groups is 1. The highest BCUT2D eigenvalue weighted by molar-refractivity contribution is 5.99. The minimum absolute atomic E-state index is 0.0313. The Labute approximate surface area is 186 Å². The number of nitrogens with one attached hydrogen (secondary N) is 2. The van der Waals surface area contributed by atoms with Crippen molar-refractivity contribution in [2.75, 3.05) is 6.61 Å². The van der Waals surface area contributed by atoms with Crippen LogP contribution in [-0.4, -0.2) is 45.2 Å². The highest BCUT2D eigenvalue weighted by atomic mass is 19.1. The van der Waals surface area contributed by atoms with Crippen molar-refractivity contribution in [3.05, 3.63) is 63.1 Å². The molecule has 3 unspecified atom stereocenters. The Bertz CT molecular complexity index is 1200. The van der Waals surface area contributed by atoms with E-state index in [0.717, 1.165) is 25.3 Å². The van der Waals surface area contributed by atoms with Crippen molar-refractivity contribution in [2.45, 2.75) is 44.6 Å². The van der Waals surface area contributed by atoms with Crippen LogP contribution in [-0.2, 0) is 17.9 Å². The third kappa shape index (κ3) is 3.66. The van der Waals surface area contributed by atoms with Crippen LogP contribution in [0.15, 0.2) is 29.2 Å². The molecule has 1 saturated carbocycles. The van der Waals surface area contributed by atoms with E-state index in [0.29, 0.717) is 12.7 Å². The largest absolute Gasteiger partial charge is 0.503 e. The normalized spacial score (nSPS) is 24.0. The summed E-state index contributed by atoms with van der Waals surface area (Å²) in [6, 6.07) is 2.87. The second kappa shape index (κ2) is 8.23. The topological polar surface area (TPSA) is 113 Å². The van der Waals surface area contributed by atoms with Gasteiger partial charge in [0.2, 0.25) is 5.43 Å². The minimum atomic E-state index is -0.993. The molecule has 3 aliphatic rings. The Kier molecular flexibility index (Phi) is 5.37. The third-order valence-corrected chi connectivity index (χ3v) is 6.59. The highest BCUT2D eigenvalue weighted by Gasteiger charge is 2.45. The molecule has 0 bridgehead atoms. The average molecular weight is 460 g/mol. The van der Waals surface area contributed by atoms with E-state index in [1.807, 2.05) is 0 Å². The number of hydrogen-bond acceptors (Lipinski definition) is 6. The molecule has 1 aromatic carbocycles. The lowest BCUT2D eigenvalue weighted by atomic mass is 10.0. The molecule has 11 heteroatoms. The molecule has 5 rings (SSSR count). The van der Waals surface area contributed by atoms with Gasteiger partial charge in [-0.15, -0.1) is 0 Å². The number of hydroxylamine groups is 1. The average Bonchev–Trinajstić information content (AvgIpc) is 3.16. The second-order valence-electron chi connectivity index (χ2n) is 8.56. The van der Waals surface area contributed by atoms with Gasteiger partial charge in [-0.25, -0.2) is 8.78 Å². The molecule has 3 N–H and O–H groups in total. The van der Waals surface area contributed by atoms with Crippen LogP contribution in [0.5, 0.6) is 5.75 Å². The fourth-order valence-corrected chi connectivity index (χ4v) is 4.96. The fourth-order valence-electron chi connectivity index (χ4n) is 4.96. The number of rotatable bonds is 3. The van der Waals surface area contributed by atoms with Crippen molar-refractivity contribution < 1.29 is 28.3 Å². The Morgan fingerprint density at radius 2 is 2.09 bits per heavy atom. The molecule has 3 heterocycles. The Balaban J connectivity index is 1.44. The number of benzene rings is 1. The molecule has 2 aromatic rings. The van der Waals surface area contributed by atoms with E-state index in [1.165, 1.54) is 16.8 Å². The molecule has 9 nitrogen and oxygen atoms in total. The maximum absolute atomic E-state index is 13.8. The lowest BCUT2D eigenvalue weighted by molar-refractivity contribution is -0.0200. The van der Waals surface area contributed by atoms with Crippen LogP contribution < -0.4 is 16.2 Å². The van der Waals surface area contributed by atoms with Gasteiger partial charge in [-0.05, 0) is 18.9 Å². The molecule has 33 heavy (non-hydrogen) atoms. The first-order valence-electron chi connectivity index (χ1n) is 10.7. The highest BCUT2D eigenvalue weighted by Crippen LogP contribution is 2.36. The summed E-state index contributed by atoms with van der Waals surface area (Å²) in [5.74, 6) is -3.58. The number of hydrogen-bond donors (Lipinski definition) is 3. The summed E-state index contributed by atoms with van der Waals surface area (Å²) in [5, 5.41) is 13.0. The first kappa shape index (κ1) is 21.5. The number of pyridine rings is 1. The summed E-state index contributed by atoms with van der Waals surface area (Å²) in [6.07, 6.45) is 3.38. The zero-order chi connectivity index (χ0) is 23.3. The quantitative estimate of drug-likeness (QED) is 0.636. The standard InChI is InChI=1S/C22H22F2N4O5/c23-13-5-4-11(15(24)6-13)7-25-21(31)14-8-27-9-17-26-33-10-12-2-1-3-16(12)28(17)22(32)18(27)20(30)19(14)29/h4-6,8,12,16-17,26,30H,1-3,7,9-10H2,(H,25,31). The van der Waals surface area contributed by atoms with Crippen molar-refractivity contribution in [1.29, 1.82) is 0 Å². The van der Waals surface area contributed by atoms with Crippen LogP contribution in [0, 0.1) is 17.6 Å². The maximum atomic E-state index is 13.8. The van der Waals surface area contributed by atoms with Gasteiger partial charge in [0, 0.05) is 36.3 Å². The summed E-state index contributed by atoms with van der Waals surface area (Å²) in [6.45, 7) is 0.323. The lowest BCUT2D eigenvalue weighted by Crippen LogP contribution is -2.58. The van der Waals surface area contributed by atoms with Crippen LogP contribution in [0.2, 0.25) is 0 Å². The van der Waals surface area contributed by atoms with Crippen LogP contribution in [0.1, 0.15) is 45.7 Å². The first-order valence-corrected chi connectivity index (χ1v) is 10.7.